The van der Waals surface area contributed by atoms with Crippen LogP contribution in [0.1, 0.15) is 0 Å². The summed E-state index contributed by atoms with van der Waals surface area (Å²) in [4.78, 5) is 66.5. The quantitative estimate of drug-likeness (QED) is 0.0629. The number of hydrogen-bond acceptors (Lipinski definition) is 14. The Labute approximate surface area is 345 Å². The predicted molar refractivity (Wildman–Crippen MR) is 211 cm³/mol. The first-order chi connectivity index (χ1) is 27.5. The topological polar surface area (TPSA) is 266 Å². The van der Waals surface area contributed by atoms with E-state index in [0.29, 0.717) is 33.2 Å². The fourth-order valence-corrected chi connectivity index (χ4v) is 4.58. The Kier molecular flexibility index (Phi) is 17.8. The Morgan fingerprint density at radius 3 is 1.10 bits per heavy atom. The maximum absolute atomic E-state index is 12.4. The number of aryl methyl sites for hydroxylation is 2. The van der Waals surface area contributed by atoms with Crippen molar-refractivity contribution in [3.05, 3.63) is 138 Å². The van der Waals surface area contributed by atoms with Crippen molar-refractivity contribution in [2.24, 2.45) is 34.6 Å². The molecular weight excluding hydrogens is 815 g/mol. The van der Waals surface area contributed by atoms with Crippen LogP contribution >= 0.6 is 0 Å². The number of amides is 2. The van der Waals surface area contributed by atoms with Gasteiger partial charge in [-0.3, -0.25) is 39.4 Å². The van der Waals surface area contributed by atoms with Crippen molar-refractivity contribution in [2.45, 2.75) is 0 Å². The minimum absolute atomic E-state index is 0. The molecular formula is C38H36N10NiO10. The van der Waals surface area contributed by atoms with E-state index in [2.05, 4.69) is 20.5 Å². The number of nitrogens with zero attached hydrogens (tertiary/aromatic N) is 10. The smallest absolute Gasteiger partial charge is 0.870 e. The van der Waals surface area contributed by atoms with Gasteiger partial charge in [-0.2, -0.15) is 10.2 Å². The Balaban J connectivity index is 0.000000327. The van der Waals surface area contributed by atoms with Gasteiger partial charge in [0.2, 0.25) is 12.8 Å². The summed E-state index contributed by atoms with van der Waals surface area (Å²) in [6.45, 7) is 0. The number of benzene rings is 4. The average molecular weight is 851 g/mol. The molecule has 0 aliphatic carbocycles. The van der Waals surface area contributed by atoms with Crippen LogP contribution in [0.5, 0.6) is 11.5 Å². The van der Waals surface area contributed by atoms with Gasteiger partial charge in [0.15, 0.2) is 0 Å². The number of carbonyl (C=O) groups excluding carboxylic acids is 2. The van der Waals surface area contributed by atoms with Crippen LogP contribution in [0.2, 0.25) is 0 Å². The van der Waals surface area contributed by atoms with Gasteiger partial charge in [-0.25, -0.2) is 0 Å². The SMILES string of the molecule is CN(C)C=O.CN(C)C=O.Cn1c(=O)c(N=Nc2ccc([N+](=O)[O-])cc2)c([O-])c2ccccc21.Cn1c(=O)c(N=Nc2ccc([N+](=O)[O-])cc2)c([O-])c2ccccc21.[Ni+2]. The first kappa shape index (κ1) is 47.5. The number of nitro benzene ring substituents is 2. The van der Waals surface area contributed by atoms with E-state index in [0.717, 1.165) is 12.8 Å². The molecule has 59 heavy (non-hydrogen) atoms. The van der Waals surface area contributed by atoms with E-state index >= 15 is 0 Å². The number of carbonyl (C=O) groups is 2. The third-order valence-electron chi connectivity index (χ3n) is 7.54. The van der Waals surface area contributed by atoms with Crippen molar-refractivity contribution in [1.29, 1.82) is 0 Å². The van der Waals surface area contributed by atoms with Gasteiger partial charge < -0.3 is 29.1 Å². The van der Waals surface area contributed by atoms with Gasteiger partial charge in [0, 0.05) is 66.6 Å². The molecule has 0 radical (unpaired) electrons. The molecule has 4 aromatic carbocycles. The minimum atomic E-state index is -0.552. The Morgan fingerprint density at radius 1 is 0.542 bits per heavy atom. The van der Waals surface area contributed by atoms with Gasteiger partial charge in [-0.05, 0) is 47.2 Å². The van der Waals surface area contributed by atoms with Crippen molar-refractivity contribution in [1.82, 2.24) is 18.9 Å². The second-order valence-corrected chi connectivity index (χ2v) is 12.2. The molecule has 0 spiro atoms. The molecule has 20 nitrogen and oxygen atoms in total. The molecule has 0 atom stereocenters. The van der Waals surface area contributed by atoms with Crippen LogP contribution in [-0.4, -0.2) is 69.8 Å². The molecule has 0 saturated carbocycles. The molecule has 6 aromatic rings. The van der Waals surface area contributed by atoms with E-state index < -0.39 is 32.5 Å². The molecule has 2 aromatic heterocycles. The van der Waals surface area contributed by atoms with E-state index in [-0.39, 0.29) is 39.2 Å². The number of fused-ring (bicyclic) bond motifs is 2. The number of non-ortho nitro benzene ring substituents is 2. The molecule has 0 aliphatic rings. The summed E-state index contributed by atoms with van der Waals surface area (Å²) in [6, 6.07) is 24.1. The summed E-state index contributed by atoms with van der Waals surface area (Å²) < 4.78 is 2.67. The zero-order valence-electron chi connectivity index (χ0n) is 32.3. The van der Waals surface area contributed by atoms with Gasteiger partial charge in [0.05, 0.1) is 32.3 Å². The molecule has 0 fully saturated rings. The maximum Gasteiger partial charge on any atom is 2.00 e. The Bertz CT molecular complexity index is 2430. The predicted octanol–water partition coefficient (Wildman–Crippen LogP) is 5.28. The first-order valence-corrected chi connectivity index (χ1v) is 16.7. The Hall–Kier alpha value is -7.67. The summed E-state index contributed by atoms with van der Waals surface area (Å²) in [6.07, 6.45) is 1.50. The molecule has 6 rings (SSSR count). The number of para-hydroxylation sites is 2. The monoisotopic (exact) mass is 850 g/mol. The summed E-state index contributed by atoms with van der Waals surface area (Å²) in [5.41, 5.74) is -0.230. The van der Waals surface area contributed by atoms with Gasteiger partial charge in [0.1, 0.15) is 11.4 Å². The second kappa shape index (κ2) is 22.2. The molecule has 308 valence electrons. The molecule has 2 amide bonds. The number of nitro groups is 2. The van der Waals surface area contributed by atoms with E-state index in [9.17, 15) is 49.6 Å². The third-order valence-corrected chi connectivity index (χ3v) is 7.54. The number of hydrogen-bond donors (Lipinski definition) is 0. The van der Waals surface area contributed by atoms with E-state index in [1.54, 1.807) is 90.8 Å². The van der Waals surface area contributed by atoms with Crippen LogP contribution in [0, 0.1) is 20.2 Å². The van der Waals surface area contributed by atoms with E-state index in [4.69, 9.17) is 0 Å². The molecule has 0 aliphatic heterocycles. The number of azo groups is 2. The largest absolute Gasteiger partial charge is 2.00 e. The van der Waals surface area contributed by atoms with Crippen LogP contribution in [0.3, 0.4) is 0 Å². The van der Waals surface area contributed by atoms with Crippen molar-refractivity contribution in [3.8, 4) is 11.5 Å². The number of rotatable bonds is 8. The first-order valence-electron chi connectivity index (χ1n) is 16.7. The van der Waals surface area contributed by atoms with Crippen LogP contribution in [0.15, 0.2) is 127 Å². The summed E-state index contributed by atoms with van der Waals surface area (Å²) in [5.74, 6) is -1.00. The van der Waals surface area contributed by atoms with Crippen molar-refractivity contribution >= 4 is 68.8 Å². The van der Waals surface area contributed by atoms with Crippen molar-refractivity contribution < 1.29 is 46.1 Å². The summed E-state index contributed by atoms with van der Waals surface area (Å²) in [7, 11) is 9.85. The van der Waals surface area contributed by atoms with Gasteiger partial charge in [0.25, 0.3) is 22.5 Å². The van der Waals surface area contributed by atoms with Crippen molar-refractivity contribution in [3.63, 3.8) is 0 Å². The molecule has 0 bridgehead atoms. The molecule has 0 N–H and O–H groups in total. The zero-order valence-corrected chi connectivity index (χ0v) is 33.3. The summed E-state index contributed by atoms with van der Waals surface area (Å²) in [5, 5.41) is 62.0. The van der Waals surface area contributed by atoms with Gasteiger partial charge in [-0.1, -0.05) is 47.9 Å². The van der Waals surface area contributed by atoms with Crippen LogP contribution in [-0.2, 0) is 40.2 Å². The van der Waals surface area contributed by atoms with Gasteiger partial charge in [-0.15, -0.1) is 10.2 Å². The second-order valence-electron chi connectivity index (χ2n) is 12.2. The fraction of sp³-hybridized carbons (Fsp3) is 0.158. The number of pyridine rings is 2. The fourth-order valence-electron chi connectivity index (χ4n) is 4.58. The van der Waals surface area contributed by atoms with Crippen LogP contribution in [0.4, 0.5) is 34.1 Å². The molecule has 0 saturated heterocycles. The van der Waals surface area contributed by atoms with E-state index in [1.165, 1.54) is 67.5 Å². The average Bonchev–Trinajstić information content (AvgIpc) is 3.23. The standard InChI is InChI=1S/2C16H12N4O4.2C3H7NO.Ni/c2*1-19-13-5-3-2-4-12(13)15(21)14(16(19)22)18-17-10-6-8-11(9-7-10)20(23)24;2*1-4(2)3-5;/h2*2-9,21H,1H3;2*3H,1-2H3;/q;;;;+2/p-2. The molecule has 21 heteroatoms. The zero-order chi connectivity index (χ0) is 43.1. The van der Waals surface area contributed by atoms with E-state index in [1.807, 2.05) is 0 Å². The molecule has 0 unspecified atom stereocenters. The van der Waals surface area contributed by atoms with Crippen molar-refractivity contribution in [2.75, 3.05) is 28.2 Å². The maximum atomic E-state index is 12.4. The minimum Gasteiger partial charge on any atom is -0.870 e. The summed E-state index contributed by atoms with van der Waals surface area (Å²) >= 11 is 0. The van der Waals surface area contributed by atoms with Crippen LogP contribution < -0.4 is 21.3 Å². The Morgan fingerprint density at radius 2 is 0.831 bits per heavy atom. The number of aromatic nitrogens is 2. The molecule has 2 heterocycles. The van der Waals surface area contributed by atoms with Crippen LogP contribution in [0.25, 0.3) is 21.8 Å². The third kappa shape index (κ3) is 12.7. The normalized spacial score (nSPS) is 10.3. The van der Waals surface area contributed by atoms with Gasteiger partial charge >= 0.3 is 16.5 Å².